The maximum Gasteiger partial charge on any atom is 2.00 e. The van der Waals surface area contributed by atoms with Crippen molar-refractivity contribution >= 4 is 11.9 Å². The van der Waals surface area contributed by atoms with E-state index in [1.54, 1.807) is 0 Å². The average molecular weight is 700 g/mol. The van der Waals surface area contributed by atoms with Gasteiger partial charge in [-0.15, -0.1) is 0 Å². The molecule has 2 unspecified atom stereocenters. The number of carboxylic acids is 2. The number of rotatable bonds is 8. The predicted molar refractivity (Wildman–Crippen MR) is 184 cm³/mol. The van der Waals surface area contributed by atoms with Crippen LogP contribution in [0.15, 0.2) is 146 Å². The molecule has 0 aromatic heterocycles. The molecule has 6 nitrogen and oxygen atoms in total. The van der Waals surface area contributed by atoms with Gasteiger partial charge in [-0.1, -0.05) is 135 Å². The topological polar surface area (TPSA) is 121 Å². The minimum Gasteiger partial charge on any atom is -0.545 e. The monoisotopic (exact) mass is 698 g/mol. The van der Waals surface area contributed by atoms with E-state index in [0.717, 1.165) is 33.4 Å². The molecule has 0 bridgehead atoms. The first kappa shape index (κ1) is 36.3. The summed E-state index contributed by atoms with van der Waals surface area (Å²) >= 11 is 0. The standard InChI is InChI=1S/2C21H18O3.Zn/c2*1-14(15-8-4-2-5-9-15)17-12-18(16-10-6-3-7-11-16)20(22)19(13-17)21(23)24;/h2*2-14,22H,1H3,(H,23,24);/q;;+2/p-2. The van der Waals surface area contributed by atoms with Crippen molar-refractivity contribution in [3.63, 3.8) is 0 Å². The molecule has 0 saturated carbocycles. The molecule has 0 saturated heterocycles. The summed E-state index contributed by atoms with van der Waals surface area (Å²) in [6, 6.07) is 44.8. The van der Waals surface area contributed by atoms with Gasteiger partial charge in [0.25, 0.3) is 0 Å². The van der Waals surface area contributed by atoms with Gasteiger partial charge in [0.1, 0.15) is 11.5 Å². The molecule has 240 valence electrons. The van der Waals surface area contributed by atoms with Gasteiger partial charge in [-0.05, 0) is 57.6 Å². The third kappa shape index (κ3) is 8.50. The Bertz CT molecular complexity index is 1870. The summed E-state index contributed by atoms with van der Waals surface area (Å²) in [4.78, 5) is 22.9. The van der Waals surface area contributed by atoms with E-state index >= 15 is 0 Å². The molecule has 6 rings (SSSR count). The van der Waals surface area contributed by atoms with Crippen LogP contribution in [0.25, 0.3) is 22.3 Å². The zero-order valence-corrected chi connectivity index (χ0v) is 30.2. The fourth-order valence-electron chi connectivity index (χ4n) is 5.67. The van der Waals surface area contributed by atoms with Crippen molar-refractivity contribution in [3.8, 4) is 33.8 Å². The van der Waals surface area contributed by atoms with Gasteiger partial charge >= 0.3 is 19.5 Å². The van der Waals surface area contributed by atoms with Crippen molar-refractivity contribution < 1.29 is 49.5 Å². The largest absolute Gasteiger partial charge is 2.00 e. The number of carboxylic acid groups (broad SMARTS) is 2. The van der Waals surface area contributed by atoms with Gasteiger partial charge in [-0.2, -0.15) is 0 Å². The molecule has 0 amide bonds. The predicted octanol–water partition coefficient (Wildman–Crippen LogP) is 7.15. The Morgan fingerprint density at radius 1 is 0.469 bits per heavy atom. The molecule has 2 atom stereocenters. The second-order valence-electron chi connectivity index (χ2n) is 11.5. The molecule has 49 heavy (non-hydrogen) atoms. The minimum absolute atomic E-state index is 0. The molecular formula is C42H34O6Zn. The quantitative estimate of drug-likeness (QED) is 0.163. The van der Waals surface area contributed by atoms with Crippen LogP contribution >= 0.6 is 0 Å². The summed E-state index contributed by atoms with van der Waals surface area (Å²) < 4.78 is 0. The molecule has 2 N–H and O–H groups in total. The number of carbonyl (C=O) groups excluding carboxylic acids is 2. The second-order valence-corrected chi connectivity index (χ2v) is 11.5. The van der Waals surface area contributed by atoms with Crippen molar-refractivity contribution in [2.45, 2.75) is 25.7 Å². The van der Waals surface area contributed by atoms with Crippen LogP contribution in [-0.4, -0.2) is 22.2 Å². The van der Waals surface area contributed by atoms with E-state index in [1.807, 2.05) is 147 Å². The van der Waals surface area contributed by atoms with Gasteiger partial charge in [0.15, 0.2) is 0 Å². The summed E-state index contributed by atoms with van der Waals surface area (Å²) in [6.07, 6.45) is 0. The SMILES string of the molecule is CC(c1ccccc1)c1cc(C(=O)[O-])c(O)c(-c2ccccc2)c1.CC(c1ccccc1)c1cc(C(=O)[O-])c(O)c(-c2ccccc2)c1.[Zn+2]. The van der Waals surface area contributed by atoms with E-state index in [2.05, 4.69) is 0 Å². The fraction of sp³-hybridized carbons (Fsp3) is 0.0952. The van der Waals surface area contributed by atoms with E-state index in [-0.39, 0.29) is 53.9 Å². The third-order valence-electron chi connectivity index (χ3n) is 8.47. The average Bonchev–Trinajstić information content (AvgIpc) is 3.12. The van der Waals surface area contributed by atoms with Crippen LogP contribution in [0.5, 0.6) is 11.5 Å². The van der Waals surface area contributed by atoms with Gasteiger partial charge < -0.3 is 30.0 Å². The van der Waals surface area contributed by atoms with E-state index in [0.29, 0.717) is 11.1 Å². The molecule has 0 aliphatic rings. The summed E-state index contributed by atoms with van der Waals surface area (Å²) in [7, 11) is 0. The molecule has 0 heterocycles. The van der Waals surface area contributed by atoms with Gasteiger partial charge in [0.2, 0.25) is 0 Å². The van der Waals surface area contributed by atoms with Gasteiger partial charge in [-0.25, -0.2) is 0 Å². The number of benzene rings is 6. The van der Waals surface area contributed by atoms with Crippen LogP contribution in [-0.2, 0) is 19.5 Å². The van der Waals surface area contributed by atoms with Crippen molar-refractivity contribution in [1.82, 2.24) is 0 Å². The second kappa shape index (κ2) is 16.5. The smallest absolute Gasteiger partial charge is 0.545 e. The first-order chi connectivity index (χ1) is 23.2. The number of carbonyl (C=O) groups is 2. The molecule has 0 radical (unpaired) electrons. The van der Waals surface area contributed by atoms with Crippen molar-refractivity contribution in [1.29, 1.82) is 0 Å². The normalized spacial score (nSPS) is 11.6. The van der Waals surface area contributed by atoms with Crippen molar-refractivity contribution in [3.05, 3.63) is 179 Å². The Kier molecular flexibility index (Phi) is 12.3. The first-order valence-corrected chi connectivity index (χ1v) is 15.5. The van der Waals surface area contributed by atoms with E-state index in [1.165, 1.54) is 12.1 Å². The molecule has 6 aromatic carbocycles. The van der Waals surface area contributed by atoms with Crippen LogP contribution in [0.2, 0.25) is 0 Å². The molecular weight excluding hydrogens is 666 g/mol. The van der Waals surface area contributed by atoms with Crippen LogP contribution in [0.1, 0.15) is 68.7 Å². The maximum absolute atomic E-state index is 11.4. The molecule has 0 spiro atoms. The van der Waals surface area contributed by atoms with Crippen LogP contribution in [0.3, 0.4) is 0 Å². The summed E-state index contributed by atoms with van der Waals surface area (Å²) in [5.74, 6) is -3.30. The van der Waals surface area contributed by atoms with E-state index < -0.39 is 11.9 Å². The number of aromatic hydroxyl groups is 2. The maximum atomic E-state index is 11.4. The van der Waals surface area contributed by atoms with Crippen molar-refractivity contribution in [2.75, 3.05) is 0 Å². The Balaban J connectivity index is 0.000000216. The molecule has 7 heteroatoms. The van der Waals surface area contributed by atoms with E-state index in [4.69, 9.17) is 0 Å². The molecule has 0 aliphatic heterocycles. The van der Waals surface area contributed by atoms with Crippen molar-refractivity contribution in [2.24, 2.45) is 0 Å². The molecule has 6 aromatic rings. The summed E-state index contributed by atoms with van der Waals surface area (Å²) in [6.45, 7) is 4.02. The number of hydrogen-bond donors (Lipinski definition) is 2. The Morgan fingerprint density at radius 2 is 0.755 bits per heavy atom. The number of phenols is 2. The zero-order valence-electron chi connectivity index (χ0n) is 27.2. The third-order valence-corrected chi connectivity index (χ3v) is 8.47. The Labute approximate surface area is 298 Å². The zero-order chi connectivity index (χ0) is 34.2. The number of aromatic carboxylic acids is 2. The van der Waals surface area contributed by atoms with E-state index in [9.17, 15) is 30.0 Å². The van der Waals surface area contributed by atoms with Gasteiger partial charge in [0.05, 0.1) is 11.9 Å². The van der Waals surface area contributed by atoms with Crippen LogP contribution < -0.4 is 10.2 Å². The van der Waals surface area contributed by atoms with Gasteiger partial charge in [-0.3, -0.25) is 0 Å². The number of hydrogen-bond acceptors (Lipinski definition) is 6. The van der Waals surface area contributed by atoms with Crippen LogP contribution in [0.4, 0.5) is 0 Å². The summed E-state index contributed by atoms with van der Waals surface area (Å²) in [5, 5.41) is 43.6. The Hall–Kier alpha value is -5.52. The molecule has 0 aliphatic carbocycles. The minimum atomic E-state index is -1.38. The first-order valence-electron chi connectivity index (χ1n) is 15.5. The Morgan fingerprint density at radius 3 is 1.04 bits per heavy atom. The fourth-order valence-corrected chi connectivity index (χ4v) is 5.67. The van der Waals surface area contributed by atoms with Crippen LogP contribution in [0, 0.1) is 0 Å². The molecule has 0 fully saturated rings. The van der Waals surface area contributed by atoms with Gasteiger partial charge in [0, 0.05) is 34.1 Å². The summed E-state index contributed by atoms with van der Waals surface area (Å²) in [5.41, 5.74) is 5.93.